The lowest BCUT2D eigenvalue weighted by Crippen LogP contribution is -2.23. The smallest absolute Gasteiger partial charge is 0.253 e. The van der Waals surface area contributed by atoms with E-state index >= 15 is 0 Å². The Morgan fingerprint density at radius 1 is 1.50 bits per heavy atom. The van der Waals surface area contributed by atoms with Gasteiger partial charge in [-0.15, -0.1) is 17.9 Å². The Bertz CT molecular complexity index is 560. The number of rotatable bonds is 4. The minimum Gasteiger partial charge on any atom is -0.349 e. The average Bonchev–Trinajstić information content (AvgIpc) is 2.82. The summed E-state index contributed by atoms with van der Waals surface area (Å²) in [4.78, 5) is 21.2. The lowest BCUT2D eigenvalue weighted by Gasteiger charge is -2.03. The van der Waals surface area contributed by atoms with Gasteiger partial charge in [0.25, 0.3) is 5.91 Å². The van der Waals surface area contributed by atoms with Gasteiger partial charge in [-0.25, -0.2) is 4.98 Å². The zero-order valence-corrected chi connectivity index (χ0v) is 10.8. The van der Waals surface area contributed by atoms with E-state index in [2.05, 4.69) is 21.9 Å². The van der Waals surface area contributed by atoms with Crippen molar-refractivity contribution in [1.29, 1.82) is 0 Å². The van der Waals surface area contributed by atoms with Crippen molar-refractivity contribution >= 4 is 17.2 Å². The van der Waals surface area contributed by atoms with Gasteiger partial charge in [-0.1, -0.05) is 6.08 Å². The monoisotopic (exact) mass is 259 g/mol. The van der Waals surface area contributed by atoms with E-state index < -0.39 is 0 Å². The minimum atomic E-state index is -0.144. The Hall–Kier alpha value is -2.01. The molecule has 0 atom stereocenters. The van der Waals surface area contributed by atoms with Crippen LogP contribution in [0.4, 0.5) is 0 Å². The maximum absolute atomic E-state index is 11.7. The van der Waals surface area contributed by atoms with Crippen molar-refractivity contribution < 1.29 is 4.79 Å². The standard InChI is InChI=1S/C13H13N3OS/c1-3-6-14-13(17)10-4-5-11(15-7-10)12-9(2)16-8-18-12/h3-5,7-8H,1,6H2,2H3,(H,14,17). The zero-order valence-electron chi connectivity index (χ0n) is 10.0. The van der Waals surface area contributed by atoms with Crippen molar-refractivity contribution in [2.75, 3.05) is 6.54 Å². The Balaban J connectivity index is 2.18. The molecule has 18 heavy (non-hydrogen) atoms. The molecule has 0 saturated carbocycles. The predicted molar refractivity (Wildman–Crippen MR) is 72.6 cm³/mol. The van der Waals surface area contributed by atoms with Crippen LogP contribution in [-0.2, 0) is 0 Å². The van der Waals surface area contributed by atoms with Gasteiger partial charge in [-0.3, -0.25) is 9.78 Å². The van der Waals surface area contributed by atoms with Crippen molar-refractivity contribution in [3.8, 4) is 10.6 Å². The van der Waals surface area contributed by atoms with E-state index in [1.807, 2.05) is 13.0 Å². The lowest BCUT2D eigenvalue weighted by atomic mass is 10.2. The fourth-order valence-corrected chi connectivity index (χ4v) is 2.26. The third-order valence-corrected chi connectivity index (χ3v) is 3.36. The summed E-state index contributed by atoms with van der Waals surface area (Å²) in [6, 6.07) is 3.60. The van der Waals surface area contributed by atoms with Crippen molar-refractivity contribution in [3.63, 3.8) is 0 Å². The van der Waals surface area contributed by atoms with E-state index in [0.29, 0.717) is 12.1 Å². The van der Waals surface area contributed by atoms with Crippen LogP contribution in [0.5, 0.6) is 0 Å². The number of carbonyl (C=O) groups is 1. The molecule has 0 fully saturated rings. The molecule has 0 aliphatic carbocycles. The van der Waals surface area contributed by atoms with Gasteiger partial charge < -0.3 is 5.32 Å². The molecule has 2 aromatic rings. The molecule has 2 rings (SSSR count). The van der Waals surface area contributed by atoms with Gasteiger partial charge in [0, 0.05) is 12.7 Å². The normalized spacial score (nSPS) is 10.1. The van der Waals surface area contributed by atoms with Crippen molar-refractivity contribution in [3.05, 3.63) is 47.8 Å². The number of aryl methyl sites for hydroxylation is 1. The van der Waals surface area contributed by atoms with Gasteiger partial charge in [-0.2, -0.15) is 0 Å². The van der Waals surface area contributed by atoms with E-state index in [1.54, 1.807) is 35.2 Å². The van der Waals surface area contributed by atoms with Crippen LogP contribution < -0.4 is 5.32 Å². The molecule has 0 bridgehead atoms. The number of nitrogens with zero attached hydrogens (tertiary/aromatic N) is 2. The van der Waals surface area contributed by atoms with Gasteiger partial charge in [-0.05, 0) is 19.1 Å². The Morgan fingerprint density at radius 3 is 2.89 bits per heavy atom. The molecule has 5 heteroatoms. The molecule has 0 spiro atoms. The van der Waals surface area contributed by atoms with Crippen molar-refractivity contribution in [2.45, 2.75) is 6.92 Å². The topological polar surface area (TPSA) is 54.9 Å². The third kappa shape index (κ3) is 2.62. The van der Waals surface area contributed by atoms with Gasteiger partial charge >= 0.3 is 0 Å². The number of aromatic nitrogens is 2. The predicted octanol–water partition coefficient (Wildman–Crippen LogP) is 2.43. The zero-order chi connectivity index (χ0) is 13.0. The number of amides is 1. The van der Waals surface area contributed by atoms with Crippen LogP contribution in [0.25, 0.3) is 10.6 Å². The molecule has 0 saturated heterocycles. The number of pyridine rings is 1. The first-order chi connectivity index (χ1) is 8.72. The average molecular weight is 259 g/mol. The summed E-state index contributed by atoms with van der Waals surface area (Å²) in [6.07, 6.45) is 3.22. The van der Waals surface area contributed by atoms with E-state index in [4.69, 9.17) is 0 Å². The van der Waals surface area contributed by atoms with Crippen LogP contribution in [0.2, 0.25) is 0 Å². The van der Waals surface area contributed by atoms with Gasteiger partial charge in [0.05, 0.1) is 27.3 Å². The Labute approximate surface area is 109 Å². The van der Waals surface area contributed by atoms with Crippen LogP contribution in [0.1, 0.15) is 16.1 Å². The Morgan fingerprint density at radius 2 is 2.33 bits per heavy atom. The van der Waals surface area contributed by atoms with Gasteiger partial charge in [0.1, 0.15) is 0 Å². The number of carbonyl (C=O) groups excluding carboxylic acids is 1. The summed E-state index contributed by atoms with van der Waals surface area (Å²) in [5, 5.41) is 2.71. The van der Waals surface area contributed by atoms with Crippen molar-refractivity contribution in [2.24, 2.45) is 0 Å². The summed E-state index contributed by atoms with van der Waals surface area (Å²) < 4.78 is 0. The quantitative estimate of drug-likeness (QED) is 0.858. The minimum absolute atomic E-state index is 0.144. The van der Waals surface area contributed by atoms with Crippen LogP contribution in [0.15, 0.2) is 36.5 Å². The van der Waals surface area contributed by atoms with Gasteiger partial charge in [0.2, 0.25) is 0 Å². The van der Waals surface area contributed by atoms with Crippen LogP contribution in [-0.4, -0.2) is 22.4 Å². The maximum atomic E-state index is 11.7. The van der Waals surface area contributed by atoms with Crippen LogP contribution >= 0.6 is 11.3 Å². The number of thiazole rings is 1. The number of nitrogens with one attached hydrogen (secondary N) is 1. The molecule has 0 radical (unpaired) electrons. The second-order valence-corrected chi connectivity index (χ2v) is 4.55. The van der Waals surface area contributed by atoms with Crippen LogP contribution in [0, 0.1) is 6.92 Å². The van der Waals surface area contributed by atoms with Crippen molar-refractivity contribution in [1.82, 2.24) is 15.3 Å². The molecular weight excluding hydrogens is 246 g/mol. The molecule has 0 aromatic carbocycles. The number of hydrogen-bond acceptors (Lipinski definition) is 4. The number of hydrogen-bond donors (Lipinski definition) is 1. The molecule has 2 aromatic heterocycles. The molecule has 2 heterocycles. The third-order valence-electron chi connectivity index (χ3n) is 2.41. The molecule has 1 amide bonds. The molecule has 1 N–H and O–H groups in total. The highest BCUT2D eigenvalue weighted by atomic mass is 32.1. The van der Waals surface area contributed by atoms with E-state index in [9.17, 15) is 4.79 Å². The lowest BCUT2D eigenvalue weighted by molar-refractivity contribution is 0.0957. The molecular formula is C13H13N3OS. The summed E-state index contributed by atoms with van der Waals surface area (Å²) >= 11 is 1.54. The van der Waals surface area contributed by atoms with E-state index in [-0.39, 0.29) is 5.91 Å². The highest BCUT2D eigenvalue weighted by Gasteiger charge is 2.08. The Kier molecular flexibility index (Phi) is 3.84. The summed E-state index contributed by atoms with van der Waals surface area (Å²) in [6.45, 7) is 5.94. The molecule has 4 nitrogen and oxygen atoms in total. The van der Waals surface area contributed by atoms with Crippen LogP contribution in [0.3, 0.4) is 0 Å². The summed E-state index contributed by atoms with van der Waals surface area (Å²) in [5.74, 6) is -0.144. The highest BCUT2D eigenvalue weighted by molar-refractivity contribution is 7.13. The summed E-state index contributed by atoms with van der Waals surface area (Å²) in [5.41, 5.74) is 4.13. The van der Waals surface area contributed by atoms with Gasteiger partial charge in [0.15, 0.2) is 0 Å². The molecule has 0 aliphatic rings. The second-order valence-electron chi connectivity index (χ2n) is 3.70. The first-order valence-corrected chi connectivity index (χ1v) is 6.36. The van der Waals surface area contributed by atoms with E-state index in [0.717, 1.165) is 16.3 Å². The van der Waals surface area contributed by atoms with E-state index in [1.165, 1.54) is 0 Å². The SMILES string of the molecule is C=CCNC(=O)c1ccc(-c2scnc2C)nc1. The summed E-state index contributed by atoms with van der Waals surface area (Å²) in [7, 11) is 0. The molecule has 0 aliphatic heterocycles. The second kappa shape index (κ2) is 5.55. The molecule has 0 unspecified atom stereocenters. The fraction of sp³-hybridized carbons (Fsp3) is 0.154. The first kappa shape index (κ1) is 12.4. The highest BCUT2D eigenvalue weighted by Crippen LogP contribution is 2.24. The fourth-order valence-electron chi connectivity index (χ4n) is 1.48. The largest absolute Gasteiger partial charge is 0.349 e. The maximum Gasteiger partial charge on any atom is 0.253 e. The molecule has 92 valence electrons. The first-order valence-electron chi connectivity index (χ1n) is 5.48.